The van der Waals surface area contributed by atoms with E-state index in [1.165, 1.54) is 11.5 Å². The lowest BCUT2D eigenvalue weighted by molar-refractivity contribution is -0.141. The van der Waals surface area contributed by atoms with Crippen molar-refractivity contribution in [2.75, 3.05) is 0 Å². The molecule has 0 saturated heterocycles. The molecule has 1 aromatic carbocycles. The van der Waals surface area contributed by atoms with Gasteiger partial charge >= 0.3 is 6.18 Å². The number of nitrogens with zero attached hydrogens (tertiary/aromatic N) is 2. The number of aromatic amines is 1. The van der Waals surface area contributed by atoms with Crippen molar-refractivity contribution in [3.05, 3.63) is 35.2 Å². The fourth-order valence-corrected chi connectivity index (χ4v) is 2.98. The predicted molar refractivity (Wildman–Crippen MR) is 77.8 cm³/mol. The van der Waals surface area contributed by atoms with Crippen LogP contribution in [0.15, 0.2) is 30.5 Å². The van der Waals surface area contributed by atoms with Gasteiger partial charge in [-0.3, -0.25) is 4.98 Å². The molecular formula is C14H12F3N3S. The summed E-state index contributed by atoms with van der Waals surface area (Å²) in [5.41, 5.74) is 2.04. The van der Waals surface area contributed by atoms with Crippen molar-refractivity contribution in [1.29, 1.82) is 0 Å². The molecule has 3 nitrogen and oxygen atoms in total. The molecule has 0 aliphatic rings. The van der Waals surface area contributed by atoms with Gasteiger partial charge < -0.3 is 9.55 Å². The van der Waals surface area contributed by atoms with Crippen LogP contribution in [-0.2, 0) is 0 Å². The Labute approximate surface area is 123 Å². The van der Waals surface area contributed by atoms with Crippen LogP contribution in [0.4, 0.5) is 13.2 Å². The van der Waals surface area contributed by atoms with Crippen LogP contribution in [0.3, 0.4) is 0 Å². The van der Waals surface area contributed by atoms with E-state index in [-0.39, 0.29) is 4.77 Å². The number of aromatic nitrogens is 3. The molecule has 3 aromatic rings. The first-order chi connectivity index (χ1) is 9.87. The average molecular weight is 311 g/mol. The van der Waals surface area contributed by atoms with Gasteiger partial charge in [0.15, 0.2) is 4.77 Å². The van der Waals surface area contributed by atoms with E-state index in [9.17, 15) is 13.2 Å². The molecule has 1 unspecified atom stereocenters. The molecule has 2 aromatic heterocycles. The van der Waals surface area contributed by atoms with E-state index in [4.69, 9.17) is 12.2 Å². The third-order valence-corrected chi connectivity index (χ3v) is 3.71. The zero-order chi connectivity index (χ0) is 15.2. The largest absolute Gasteiger partial charge is 0.391 e. The zero-order valence-corrected chi connectivity index (χ0v) is 11.9. The Hall–Kier alpha value is -1.89. The minimum Gasteiger partial charge on any atom is -0.329 e. The maximum atomic E-state index is 12.7. The Kier molecular flexibility index (Phi) is 3.24. The van der Waals surface area contributed by atoms with E-state index in [0.29, 0.717) is 11.0 Å². The first-order valence-corrected chi connectivity index (χ1v) is 6.82. The maximum Gasteiger partial charge on any atom is 0.391 e. The molecule has 0 radical (unpaired) electrons. The van der Waals surface area contributed by atoms with E-state index in [1.54, 1.807) is 6.20 Å². The summed E-state index contributed by atoms with van der Waals surface area (Å²) in [7, 11) is 0. The Morgan fingerprint density at radius 1 is 1.33 bits per heavy atom. The molecule has 2 heterocycles. The Bertz CT molecular complexity index is 863. The normalized spacial score (nSPS) is 13.9. The quantitative estimate of drug-likeness (QED) is 0.692. The molecule has 0 amide bonds. The summed E-state index contributed by atoms with van der Waals surface area (Å²) in [6.07, 6.45) is -3.56. The van der Waals surface area contributed by atoms with Crippen LogP contribution in [0.5, 0.6) is 0 Å². The third-order valence-electron chi connectivity index (χ3n) is 3.42. The number of alkyl halides is 3. The van der Waals surface area contributed by atoms with Crippen LogP contribution in [0, 0.1) is 4.77 Å². The number of fused-ring (bicyclic) bond motifs is 3. The fourth-order valence-electron chi connectivity index (χ4n) is 2.60. The van der Waals surface area contributed by atoms with Gasteiger partial charge in [-0.05, 0) is 25.2 Å². The van der Waals surface area contributed by atoms with Crippen molar-refractivity contribution in [2.24, 2.45) is 0 Å². The van der Waals surface area contributed by atoms with E-state index >= 15 is 0 Å². The number of pyridine rings is 1. The first kappa shape index (κ1) is 14.1. The Balaban J connectivity index is 2.29. The summed E-state index contributed by atoms with van der Waals surface area (Å²) in [6, 6.07) is 6.55. The number of nitrogens with one attached hydrogen (secondary N) is 1. The molecule has 0 aliphatic heterocycles. The minimum atomic E-state index is -4.24. The van der Waals surface area contributed by atoms with E-state index in [2.05, 4.69) is 9.97 Å². The molecule has 3 rings (SSSR count). The second kappa shape index (κ2) is 4.84. The monoisotopic (exact) mass is 311 g/mol. The van der Waals surface area contributed by atoms with Gasteiger partial charge in [-0.15, -0.1) is 0 Å². The predicted octanol–water partition coefficient (Wildman–Crippen LogP) is 4.76. The van der Waals surface area contributed by atoms with Crippen molar-refractivity contribution in [3.63, 3.8) is 0 Å². The lowest BCUT2D eigenvalue weighted by atomic mass is 10.1. The highest BCUT2D eigenvalue weighted by atomic mass is 32.1. The molecule has 0 fully saturated rings. The van der Waals surface area contributed by atoms with Crippen LogP contribution >= 0.6 is 12.2 Å². The van der Waals surface area contributed by atoms with Crippen LogP contribution < -0.4 is 0 Å². The van der Waals surface area contributed by atoms with E-state index in [0.717, 1.165) is 10.9 Å². The highest BCUT2D eigenvalue weighted by Gasteiger charge is 2.31. The van der Waals surface area contributed by atoms with E-state index < -0.39 is 18.6 Å². The second-order valence-electron chi connectivity index (χ2n) is 5.01. The lowest BCUT2D eigenvalue weighted by Crippen LogP contribution is -2.16. The number of benzene rings is 1. The molecule has 0 saturated carbocycles. The minimum absolute atomic E-state index is 0.278. The van der Waals surface area contributed by atoms with Crippen LogP contribution in [0.2, 0.25) is 0 Å². The molecule has 110 valence electrons. The number of hydrogen-bond donors (Lipinski definition) is 1. The van der Waals surface area contributed by atoms with Crippen molar-refractivity contribution in [1.82, 2.24) is 14.5 Å². The number of H-pyrrole nitrogens is 1. The van der Waals surface area contributed by atoms with Crippen molar-refractivity contribution < 1.29 is 13.2 Å². The summed E-state index contributed by atoms with van der Waals surface area (Å²) in [4.78, 5) is 7.22. The first-order valence-electron chi connectivity index (χ1n) is 6.41. The standard InChI is InChI=1S/C14H12F3N3S/c1-8(6-14(15,16)17)20-12-9-4-2-3-5-10(9)18-7-11(12)19-13(20)21/h2-5,7-8H,6H2,1H3,(H,19,21). The van der Waals surface area contributed by atoms with Gasteiger partial charge in [-0.25, -0.2) is 0 Å². The molecule has 0 spiro atoms. The summed E-state index contributed by atoms with van der Waals surface area (Å²) in [5, 5.41) is 0.788. The maximum absolute atomic E-state index is 12.7. The van der Waals surface area contributed by atoms with Crippen LogP contribution in [0.25, 0.3) is 21.9 Å². The van der Waals surface area contributed by atoms with Crippen LogP contribution in [-0.4, -0.2) is 20.7 Å². The Morgan fingerprint density at radius 3 is 2.76 bits per heavy atom. The number of para-hydroxylation sites is 1. The molecule has 1 atom stereocenters. The van der Waals surface area contributed by atoms with Gasteiger partial charge in [0.2, 0.25) is 0 Å². The highest BCUT2D eigenvalue weighted by Crippen LogP contribution is 2.32. The molecule has 7 heteroatoms. The number of rotatable bonds is 2. The fraction of sp³-hybridized carbons (Fsp3) is 0.286. The summed E-state index contributed by atoms with van der Waals surface area (Å²) >= 11 is 5.19. The van der Waals surface area contributed by atoms with Crippen LogP contribution in [0.1, 0.15) is 19.4 Å². The Morgan fingerprint density at radius 2 is 2.05 bits per heavy atom. The zero-order valence-electron chi connectivity index (χ0n) is 11.1. The van der Waals surface area contributed by atoms with Crippen molar-refractivity contribution in [3.8, 4) is 0 Å². The highest BCUT2D eigenvalue weighted by molar-refractivity contribution is 7.71. The summed E-state index contributed by atoms with van der Waals surface area (Å²) in [5.74, 6) is 0. The number of hydrogen-bond acceptors (Lipinski definition) is 2. The molecule has 0 bridgehead atoms. The summed E-state index contributed by atoms with van der Waals surface area (Å²) < 4.78 is 39.8. The second-order valence-corrected chi connectivity index (χ2v) is 5.39. The van der Waals surface area contributed by atoms with Gasteiger partial charge in [0, 0.05) is 11.4 Å². The van der Waals surface area contributed by atoms with Gasteiger partial charge in [0.1, 0.15) is 0 Å². The summed E-state index contributed by atoms with van der Waals surface area (Å²) in [6.45, 7) is 1.52. The van der Waals surface area contributed by atoms with Gasteiger partial charge in [-0.2, -0.15) is 13.2 Å². The SMILES string of the molecule is CC(CC(F)(F)F)n1c(=S)[nH]c2cnc3ccccc3c21. The van der Waals surface area contributed by atoms with Crippen molar-refractivity contribution >= 4 is 34.2 Å². The van der Waals surface area contributed by atoms with Crippen molar-refractivity contribution in [2.45, 2.75) is 25.6 Å². The van der Waals surface area contributed by atoms with E-state index in [1.807, 2.05) is 24.3 Å². The number of imidazole rings is 1. The van der Waals surface area contributed by atoms with Gasteiger partial charge in [0.25, 0.3) is 0 Å². The lowest BCUT2D eigenvalue weighted by Gasteiger charge is -2.17. The topological polar surface area (TPSA) is 33.6 Å². The van der Waals surface area contributed by atoms with Gasteiger partial charge in [-0.1, -0.05) is 18.2 Å². The number of halogens is 3. The smallest absolute Gasteiger partial charge is 0.329 e. The molecule has 1 N–H and O–H groups in total. The molecule has 21 heavy (non-hydrogen) atoms. The molecule has 0 aliphatic carbocycles. The van der Waals surface area contributed by atoms with Gasteiger partial charge in [0.05, 0.1) is 29.2 Å². The average Bonchev–Trinajstić information content (AvgIpc) is 2.73. The third kappa shape index (κ3) is 2.53. The molecular weight excluding hydrogens is 299 g/mol.